The molecule has 0 aliphatic carbocycles. The molecule has 7 heteroatoms. The maximum absolute atomic E-state index is 12.4. The second-order valence-electron chi connectivity index (χ2n) is 4.82. The van der Waals surface area contributed by atoms with Gasteiger partial charge in [-0.2, -0.15) is 0 Å². The summed E-state index contributed by atoms with van der Waals surface area (Å²) in [5, 5.41) is 9.71. The van der Waals surface area contributed by atoms with Crippen LogP contribution in [0.3, 0.4) is 0 Å². The number of sulfonamides is 1. The maximum Gasteiger partial charge on any atom is 0.341 e. The molecule has 0 fully saturated rings. The van der Waals surface area contributed by atoms with E-state index in [1.807, 2.05) is 0 Å². The molecule has 0 bridgehead atoms. The monoisotopic (exact) mass is 335 g/mol. The van der Waals surface area contributed by atoms with Crippen molar-refractivity contribution in [3.05, 3.63) is 53.6 Å². The SMILES string of the molecule is CCOC(=O)c1cc(NS(=O)(=O)c2ccccc2C)ccc1O. The van der Waals surface area contributed by atoms with Crippen LogP contribution in [0.1, 0.15) is 22.8 Å². The number of anilines is 1. The minimum atomic E-state index is -3.80. The first-order valence-corrected chi connectivity index (χ1v) is 8.42. The molecule has 0 heterocycles. The molecule has 0 aromatic heterocycles. The van der Waals surface area contributed by atoms with Crippen molar-refractivity contribution in [2.45, 2.75) is 18.7 Å². The van der Waals surface area contributed by atoms with E-state index < -0.39 is 16.0 Å². The van der Waals surface area contributed by atoms with Gasteiger partial charge in [0.25, 0.3) is 10.0 Å². The summed E-state index contributed by atoms with van der Waals surface area (Å²) in [5.74, 6) is -0.996. The lowest BCUT2D eigenvalue weighted by Gasteiger charge is -2.12. The number of benzene rings is 2. The number of esters is 1. The summed E-state index contributed by atoms with van der Waals surface area (Å²) in [7, 11) is -3.80. The third-order valence-corrected chi connectivity index (χ3v) is 4.67. The van der Waals surface area contributed by atoms with Crippen LogP contribution in [0.25, 0.3) is 0 Å². The first-order valence-electron chi connectivity index (χ1n) is 6.93. The Morgan fingerprint density at radius 1 is 1.22 bits per heavy atom. The first kappa shape index (κ1) is 16.8. The number of aryl methyl sites for hydroxylation is 1. The minimum absolute atomic E-state index is 0.100. The molecule has 2 aromatic carbocycles. The van der Waals surface area contributed by atoms with E-state index in [9.17, 15) is 18.3 Å². The zero-order chi connectivity index (χ0) is 17.0. The van der Waals surface area contributed by atoms with Crippen molar-refractivity contribution in [2.75, 3.05) is 11.3 Å². The van der Waals surface area contributed by atoms with Crippen molar-refractivity contribution in [2.24, 2.45) is 0 Å². The summed E-state index contributed by atoms with van der Waals surface area (Å²) in [6.45, 7) is 3.48. The normalized spacial score (nSPS) is 11.0. The van der Waals surface area contributed by atoms with Gasteiger partial charge in [-0.25, -0.2) is 13.2 Å². The Bertz CT molecular complexity index is 830. The summed E-state index contributed by atoms with van der Waals surface area (Å²) in [6.07, 6.45) is 0. The molecular formula is C16H17NO5S. The highest BCUT2D eigenvalue weighted by molar-refractivity contribution is 7.92. The number of hydrogen-bond acceptors (Lipinski definition) is 5. The fraction of sp³-hybridized carbons (Fsp3) is 0.188. The Kier molecular flexibility index (Phi) is 4.90. The van der Waals surface area contributed by atoms with Crippen LogP contribution in [0.4, 0.5) is 5.69 Å². The van der Waals surface area contributed by atoms with Crippen molar-refractivity contribution < 1.29 is 23.1 Å². The molecule has 0 amide bonds. The number of carbonyl (C=O) groups excluding carboxylic acids is 1. The number of rotatable bonds is 5. The van der Waals surface area contributed by atoms with E-state index in [0.29, 0.717) is 5.56 Å². The highest BCUT2D eigenvalue weighted by Gasteiger charge is 2.19. The molecule has 23 heavy (non-hydrogen) atoms. The van der Waals surface area contributed by atoms with E-state index in [1.54, 1.807) is 32.0 Å². The quantitative estimate of drug-likeness (QED) is 0.647. The Hall–Kier alpha value is -2.54. The molecular weight excluding hydrogens is 318 g/mol. The molecule has 2 aromatic rings. The molecule has 0 aliphatic heterocycles. The van der Waals surface area contributed by atoms with Crippen LogP contribution < -0.4 is 4.72 Å². The van der Waals surface area contributed by atoms with Gasteiger partial charge in [-0.05, 0) is 43.7 Å². The molecule has 6 nitrogen and oxygen atoms in total. The molecule has 0 radical (unpaired) electrons. The van der Waals surface area contributed by atoms with E-state index in [0.717, 1.165) is 0 Å². The Morgan fingerprint density at radius 2 is 1.91 bits per heavy atom. The second kappa shape index (κ2) is 6.70. The Morgan fingerprint density at radius 3 is 2.57 bits per heavy atom. The molecule has 0 saturated heterocycles. The van der Waals surface area contributed by atoms with Gasteiger partial charge in [0, 0.05) is 5.69 Å². The molecule has 0 unspecified atom stereocenters. The smallest absolute Gasteiger partial charge is 0.341 e. The fourth-order valence-electron chi connectivity index (χ4n) is 2.04. The molecule has 122 valence electrons. The molecule has 2 rings (SSSR count). The van der Waals surface area contributed by atoms with Crippen LogP contribution in [-0.2, 0) is 14.8 Å². The number of carbonyl (C=O) groups is 1. The highest BCUT2D eigenvalue weighted by atomic mass is 32.2. The van der Waals surface area contributed by atoms with Gasteiger partial charge in [0.15, 0.2) is 0 Å². The minimum Gasteiger partial charge on any atom is -0.507 e. The molecule has 0 aliphatic rings. The lowest BCUT2D eigenvalue weighted by molar-refractivity contribution is 0.0523. The van der Waals surface area contributed by atoms with Crippen LogP contribution >= 0.6 is 0 Å². The van der Waals surface area contributed by atoms with Crippen LogP contribution in [0.5, 0.6) is 5.75 Å². The van der Waals surface area contributed by atoms with E-state index in [-0.39, 0.29) is 28.5 Å². The average Bonchev–Trinajstić information content (AvgIpc) is 2.49. The number of phenols is 1. The highest BCUT2D eigenvalue weighted by Crippen LogP contribution is 2.25. The van der Waals surface area contributed by atoms with Gasteiger partial charge < -0.3 is 9.84 Å². The topological polar surface area (TPSA) is 92.7 Å². The van der Waals surface area contributed by atoms with E-state index >= 15 is 0 Å². The first-order chi connectivity index (χ1) is 10.8. The summed E-state index contributed by atoms with van der Waals surface area (Å²) in [4.78, 5) is 11.9. The molecule has 0 spiro atoms. The third kappa shape index (κ3) is 3.81. The molecule has 0 atom stereocenters. The van der Waals surface area contributed by atoms with Crippen molar-refractivity contribution in [3.8, 4) is 5.75 Å². The summed E-state index contributed by atoms with van der Waals surface area (Å²) in [6, 6.07) is 10.4. The zero-order valence-electron chi connectivity index (χ0n) is 12.7. The van der Waals surface area contributed by atoms with E-state index in [2.05, 4.69) is 4.72 Å². The zero-order valence-corrected chi connectivity index (χ0v) is 13.6. The number of nitrogens with one attached hydrogen (secondary N) is 1. The van der Waals surface area contributed by atoms with Crippen molar-refractivity contribution >= 4 is 21.7 Å². The average molecular weight is 335 g/mol. The van der Waals surface area contributed by atoms with Gasteiger partial charge in [-0.1, -0.05) is 18.2 Å². The molecule has 2 N–H and O–H groups in total. The van der Waals surface area contributed by atoms with Crippen LogP contribution in [0.15, 0.2) is 47.4 Å². The second-order valence-corrected chi connectivity index (χ2v) is 6.47. The predicted octanol–water partition coefficient (Wildman–Crippen LogP) is 2.68. The van der Waals surface area contributed by atoms with Gasteiger partial charge in [0.05, 0.1) is 11.5 Å². The number of phenolic OH excluding ortho intramolecular Hbond substituents is 1. The van der Waals surface area contributed by atoms with Gasteiger partial charge >= 0.3 is 5.97 Å². The standard InChI is InChI=1S/C16H17NO5S/c1-3-22-16(19)13-10-12(8-9-14(13)18)17-23(20,21)15-7-5-4-6-11(15)2/h4-10,17-18H,3H2,1-2H3. The van der Waals surface area contributed by atoms with E-state index in [1.165, 1.54) is 24.3 Å². The van der Waals surface area contributed by atoms with Crippen LogP contribution in [0, 0.1) is 6.92 Å². The third-order valence-electron chi connectivity index (χ3n) is 3.13. The van der Waals surface area contributed by atoms with Gasteiger partial charge in [-0.15, -0.1) is 0 Å². The van der Waals surface area contributed by atoms with Gasteiger partial charge in [0.1, 0.15) is 11.3 Å². The largest absolute Gasteiger partial charge is 0.507 e. The van der Waals surface area contributed by atoms with Crippen LogP contribution in [-0.4, -0.2) is 26.1 Å². The number of aromatic hydroxyl groups is 1. The fourth-order valence-corrected chi connectivity index (χ4v) is 3.34. The van der Waals surface area contributed by atoms with E-state index in [4.69, 9.17) is 4.74 Å². The van der Waals surface area contributed by atoms with Gasteiger partial charge in [0.2, 0.25) is 0 Å². The maximum atomic E-state index is 12.4. The summed E-state index contributed by atoms with van der Waals surface area (Å²) < 4.78 is 32.1. The Labute approximate surface area is 134 Å². The summed E-state index contributed by atoms with van der Waals surface area (Å²) >= 11 is 0. The lowest BCUT2D eigenvalue weighted by Crippen LogP contribution is -2.15. The summed E-state index contributed by atoms with van der Waals surface area (Å²) in [5.41, 5.74) is 0.662. The van der Waals surface area contributed by atoms with Crippen molar-refractivity contribution in [3.63, 3.8) is 0 Å². The van der Waals surface area contributed by atoms with Crippen molar-refractivity contribution in [1.82, 2.24) is 0 Å². The number of ether oxygens (including phenoxy) is 1. The number of hydrogen-bond donors (Lipinski definition) is 2. The molecule has 0 saturated carbocycles. The Balaban J connectivity index is 2.35. The predicted molar refractivity (Wildman–Crippen MR) is 86.1 cm³/mol. The lowest BCUT2D eigenvalue weighted by atomic mass is 10.2. The van der Waals surface area contributed by atoms with Crippen LogP contribution in [0.2, 0.25) is 0 Å². The van der Waals surface area contributed by atoms with Gasteiger partial charge in [-0.3, -0.25) is 4.72 Å². The van der Waals surface area contributed by atoms with Crippen molar-refractivity contribution in [1.29, 1.82) is 0 Å².